The number of cyclic esters (lactones) is 1. The van der Waals surface area contributed by atoms with Gasteiger partial charge in [0.15, 0.2) is 0 Å². The van der Waals surface area contributed by atoms with E-state index < -0.39 is 83.9 Å². The number of carbonyl (C=O) groups is 4. The maximum Gasteiger partial charge on any atom is 0.329 e. The molecular formula is C44H69NO12. The predicted molar refractivity (Wildman–Crippen MR) is 213 cm³/mol. The Hall–Kier alpha value is -2.78. The van der Waals surface area contributed by atoms with Crippen LogP contribution in [0.15, 0.2) is 36.0 Å². The Labute approximate surface area is 339 Å². The molecule has 322 valence electrons. The van der Waals surface area contributed by atoms with Gasteiger partial charge >= 0.3 is 5.97 Å². The van der Waals surface area contributed by atoms with Gasteiger partial charge in [-0.2, -0.15) is 0 Å². The van der Waals surface area contributed by atoms with E-state index in [1.165, 1.54) is 19.1 Å². The quantitative estimate of drug-likeness (QED) is 0.185. The zero-order valence-corrected chi connectivity index (χ0v) is 35.4. The Kier molecular flexibility index (Phi) is 17.2. The zero-order valence-electron chi connectivity index (χ0n) is 35.4. The number of piperidine rings is 1. The van der Waals surface area contributed by atoms with Crippen molar-refractivity contribution in [2.45, 2.75) is 160 Å². The molecule has 0 spiro atoms. The van der Waals surface area contributed by atoms with Crippen molar-refractivity contribution in [1.29, 1.82) is 0 Å². The molecule has 2 bridgehead atoms. The fraction of sp³-hybridized carbons (Fsp3) is 0.773. The van der Waals surface area contributed by atoms with Crippen molar-refractivity contribution in [3.8, 4) is 0 Å². The molecule has 13 heteroatoms. The summed E-state index contributed by atoms with van der Waals surface area (Å²) in [4.78, 5) is 57.8. The Morgan fingerprint density at radius 3 is 2.25 bits per heavy atom. The molecule has 14 atom stereocenters. The van der Waals surface area contributed by atoms with Crippen LogP contribution in [0.3, 0.4) is 0 Å². The monoisotopic (exact) mass is 803 g/mol. The van der Waals surface area contributed by atoms with Crippen molar-refractivity contribution in [1.82, 2.24) is 4.90 Å². The summed E-state index contributed by atoms with van der Waals surface area (Å²) in [6.07, 6.45) is 4.93. The van der Waals surface area contributed by atoms with Gasteiger partial charge in [0.2, 0.25) is 5.79 Å². The summed E-state index contributed by atoms with van der Waals surface area (Å²) in [5, 5.41) is 34.1. The highest BCUT2D eigenvalue weighted by Crippen LogP contribution is 2.39. The summed E-state index contributed by atoms with van der Waals surface area (Å²) in [6, 6.07) is -1.14. The van der Waals surface area contributed by atoms with E-state index in [0.29, 0.717) is 56.9 Å². The number of esters is 1. The lowest BCUT2D eigenvalue weighted by atomic mass is 9.81. The summed E-state index contributed by atoms with van der Waals surface area (Å²) in [6.45, 7) is 13.1. The van der Waals surface area contributed by atoms with Crippen molar-refractivity contribution < 1.29 is 58.2 Å². The molecule has 1 amide bonds. The van der Waals surface area contributed by atoms with Crippen molar-refractivity contribution in [2.75, 3.05) is 27.9 Å². The van der Waals surface area contributed by atoms with Gasteiger partial charge in [0.25, 0.3) is 11.7 Å². The standard InChI is InChI=1S/C44H69NO12/c1-10-13-31-19-25(2)18-26(3)20-37(54-8)40-38(55-9)22-28(5)44(52,57-40)41(49)42(50)45-17-12-11-14-32(45)43(51)56-39(29(6)34(47)24-35(31)48)27(4)21-30-15-16-33(46)36(23-30)53-7/h10,19,21,26,28-34,36-40,46-47,52H,1,11-18,20,22-24H2,2-9H3/b25-19+,27-21+/t26-,28+,29+,30?,31+,32-,33+,34-,36+,37-,38-,39-,40+,44+/m0/s1. The number of allylic oxidation sites excluding steroid dienone is 4. The van der Waals surface area contributed by atoms with E-state index in [9.17, 15) is 34.5 Å². The fourth-order valence-electron chi connectivity index (χ4n) is 9.42. The van der Waals surface area contributed by atoms with Crippen molar-refractivity contribution >= 4 is 23.4 Å². The lowest BCUT2D eigenvalue weighted by Gasteiger charge is -2.47. The van der Waals surface area contributed by atoms with Gasteiger partial charge in [0.05, 0.1) is 30.5 Å². The lowest BCUT2D eigenvalue weighted by molar-refractivity contribution is -0.302. The number of hydrogen-bond acceptors (Lipinski definition) is 12. The summed E-state index contributed by atoms with van der Waals surface area (Å²) >= 11 is 0. The number of aliphatic hydroxyl groups is 3. The third kappa shape index (κ3) is 11.3. The maximum atomic E-state index is 14.3. The molecule has 1 aliphatic carbocycles. The van der Waals surface area contributed by atoms with Crippen LogP contribution in [-0.4, -0.2) is 126 Å². The van der Waals surface area contributed by atoms with Crippen LogP contribution < -0.4 is 0 Å². The van der Waals surface area contributed by atoms with E-state index in [1.54, 1.807) is 27.0 Å². The zero-order chi connectivity index (χ0) is 42.2. The van der Waals surface area contributed by atoms with Crippen LogP contribution in [0.1, 0.15) is 105 Å². The number of fused-ring (bicyclic) bond motifs is 3. The first-order valence-electron chi connectivity index (χ1n) is 20.9. The SMILES string of the molecule is C=CC[C@@H]1/C=C(\C)C[C@H](C)C[C@H](OC)[C@H]2O[C@@](O)(C(=O)C(=O)N3CCCC[C@H]3C(=O)O[C@@H](/C(C)=C/C3CC[C@@H](O)[C@H](OC)C3)[C@H](C)[C@@H](O)CC1=O)[C@H](C)C[C@@H]2OC. The van der Waals surface area contributed by atoms with E-state index >= 15 is 0 Å². The molecular weight excluding hydrogens is 734 g/mol. The molecule has 0 radical (unpaired) electrons. The van der Waals surface area contributed by atoms with Gasteiger partial charge in [-0.05, 0) is 95.5 Å². The summed E-state index contributed by atoms with van der Waals surface area (Å²) < 4.78 is 29.7. The van der Waals surface area contributed by atoms with Gasteiger partial charge in [-0.25, -0.2) is 4.79 Å². The largest absolute Gasteiger partial charge is 0.456 e. The van der Waals surface area contributed by atoms with Crippen molar-refractivity contribution in [3.63, 3.8) is 0 Å². The van der Waals surface area contributed by atoms with Crippen LogP contribution in [0.25, 0.3) is 0 Å². The van der Waals surface area contributed by atoms with Gasteiger partial charge < -0.3 is 43.9 Å². The van der Waals surface area contributed by atoms with Gasteiger partial charge in [-0.3, -0.25) is 14.4 Å². The highest BCUT2D eigenvalue weighted by atomic mass is 16.7. The fourth-order valence-corrected chi connectivity index (χ4v) is 9.42. The second-order valence-corrected chi connectivity index (χ2v) is 17.3. The van der Waals surface area contributed by atoms with Crippen LogP contribution in [0.4, 0.5) is 0 Å². The Balaban J connectivity index is 1.78. The molecule has 3 aliphatic heterocycles. The summed E-state index contributed by atoms with van der Waals surface area (Å²) in [5.41, 5.74) is 1.61. The summed E-state index contributed by atoms with van der Waals surface area (Å²) in [5.74, 6) is -7.76. The van der Waals surface area contributed by atoms with E-state index in [0.717, 1.165) is 5.57 Å². The van der Waals surface area contributed by atoms with Crippen molar-refractivity contribution in [3.05, 3.63) is 36.0 Å². The molecule has 3 N–H and O–H groups in total. The van der Waals surface area contributed by atoms with Gasteiger partial charge in [0.1, 0.15) is 24.0 Å². The van der Waals surface area contributed by atoms with Crippen LogP contribution in [0.2, 0.25) is 0 Å². The number of aliphatic hydroxyl groups excluding tert-OH is 2. The number of ketones is 2. The molecule has 0 aromatic rings. The third-order valence-electron chi connectivity index (χ3n) is 12.9. The normalized spacial score (nSPS) is 41.0. The minimum absolute atomic E-state index is 0.00988. The van der Waals surface area contributed by atoms with Gasteiger partial charge in [0, 0.05) is 52.0 Å². The number of nitrogens with zero attached hydrogens (tertiary/aromatic N) is 1. The van der Waals surface area contributed by atoms with E-state index in [1.807, 2.05) is 32.9 Å². The number of Topliss-reactive ketones (excluding diaryl/α,β-unsaturated/α-hetero) is 2. The highest BCUT2D eigenvalue weighted by molar-refractivity contribution is 6.39. The number of hydrogen-bond donors (Lipinski definition) is 3. The molecule has 13 nitrogen and oxygen atoms in total. The number of carbonyl (C=O) groups excluding carboxylic acids is 4. The number of amides is 1. The Morgan fingerprint density at radius 2 is 1.60 bits per heavy atom. The first kappa shape index (κ1) is 46.9. The average molecular weight is 804 g/mol. The van der Waals surface area contributed by atoms with Gasteiger partial charge in [-0.1, -0.05) is 44.6 Å². The number of rotatable bonds is 7. The molecule has 3 fully saturated rings. The topological polar surface area (TPSA) is 178 Å². The highest BCUT2D eigenvalue weighted by Gasteiger charge is 2.56. The molecule has 4 rings (SSSR count). The predicted octanol–water partition coefficient (Wildman–Crippen LogP) is 4.64. The molecule has 1 saturated carbocycles. The minimum atomic E-state index is -2.51. The Morgan fingerprint density at radius 1 is 0.930 bits per heavy atom. The molecule has 4 aliphatic rings. The smallest absolute Gasteiger partial charge is 0.329 e. The summed E-state index contributed by atoms with van der Waals surface area (Å²) in [7, 11) is 4.61. The van der Waals surface area contributed by atoms with E-state index in [2.05, 4.69) is 6.58 Å². The molecule has 0 aromatic heterocycles. The minimum Gasteiger partial charge on any atom is -0.456 e. The first-order valence-corrected chi connectivity index (χ1v) is 20.9. The molecule has 3 heterocycles. The lowest BCUT2D eigenvalue weighted by Crippen LogP contribution is -2.64. The third-order valence-corrected chi connectivity index (χ3v) is 12.9. The first-order chi connectivity index (χ1) is 27.0. The van der Waals surface area contributed by atoms with E-state index in [-0.39, 0.29) is 49.5 Å². The molecule has 2 saturated heterocycles. The number of ether oxygens (including phenoxy) is 5. The average Bonchev–Trinajstić information content (AvgIpc) is 3.18. The van der Waals surface area contributed by atoms with Gasteiger partial charge in [-0.15, -0.1) is 6.58 Å². The van der Waals surface area contributed by atoms with E-state index in [4.69, 9.17) is 23.7 Å². The van der Waals surface area contributed by atoms with Crippen LogP contribution >= 0.6 is 0 Å². The Bertz CT molecular complexity index is 1480. The maximum absolute atomic E-state index is 14.3. The molecule has 0 aromatic carbocycles. The second kappa shape index (κ2) is 21.0. The van der Waals surface area contributed by atoms with Crippen LogP contribution in [-0.2, 0) is 42.9 Å². The second-order valence-electron chi connectivity index (χ2n) is 17.3. The molecule has 57 heavy (non-hydrogen) atoms. The van der Waals surface area contributed by atoms with Crippen LogP contribution in [0.5, 0.6) is 0 Å². The molecule has 1 unspecified atom stereocenters. The van der Waals surface area contributed by atoms with Crippen molar-refractivity contribution in [2.24, 2.45) is 29.6 Å². The number of methoxy groups -OCH3 is 3. The van der Waals surface area contributed by atoms with Crippen LogP contribution in [0, 0.1) is 29.6 Å².